The molecule has 1 heterocycles. The van der Waals surface area contributed by atoms with Crippen molar-refractivity contribution in [2.45, 2.75) is 6.54 Å². The van der Waals surface area contributed by atoms with Crippen LogP contribution in [0.1, 0.15) is 5.76 Å². The van der Waals surface area contributed by atoms with Gasteiger partial charge in [-0.3, -0.25) is 4.79 Å². The summed E-state index contributed by atoms with van der Waals surface area (Å²) in [5.41, 5.74) is 6.05. The fraction of sp³-hybridized carbons (Fsp3) is 0.0714. The molecule has 0 atom stereocenters. The largest absolute Gasteiger partial charge is 0.459 e. The van der Waals surface area contributed by atoms with Crippen molar-refractivity contribution >= 4 is 21.7 Å². The lowest BCUT2D eigenvalue weighted by atomic mass is 10.1. The molecule has 0 fully saturated rings. The van der Waals surface area contributed by atoms with Crippen LogP contribution in [0.5, 0.6) is 0 Å². The number of benzene rings is 2. The van der Waals surface area contributed by atoms with Gasteiger partial charge in [0.25, 0.3) is 0 Å². The second kappa shape index (κ2) is 3.71. The molecule has 0 saturated carbocycles. The summed E-state index contributed by atoms with van der Waals surface area (Å²) < 4.78 is 5.57. The number of hydrogen-bond donors (Lipinski definition) is 1. The summed E-state index contributed by atoms with van der Waals surface area (Å²) in [5.74, 6) is 0.512. The van der Waals surface area contributed by atoms with Gasteiger partial charge in [-0.05, 0) is 16.8 Å². The zero-order chi connectivity index (χ0) is 11.8. The summed E-state index contributed by atoms with van der Waals surface area (Å²) in [7, 11) is 0. The summed E-state index contributed by atoms with van der Waals surface area (Å²) in [4.78, 5) is 12.1. The van der Waals surface area contributed by atoms with Crippen LogP contribution >= 0.6 is 0 Å². The molecule has 3 rings (SSSR count). The molecule has 0 radical (unpaired) electrons. The molecule has 17 heavy (non-hydrogen) atoms. The molecule has 0 bridgehead atoms. The molecule has 2 N–H and O–H groups in total. The van der Waals surface area contributed by atoms with Crippen molar-refractivity contribution in [3.8, 4) is 0 Å². The van der Waals surface area contributed by atoms with E-state index in [9.17, 15) is 4.79 Å². The van der Waals surface area contributed by atoms with Gasteiger partial charge in [0.2, 0.25) is 0 Å². The third-order valence-corrected chi connectivity index (χ3v) is 2.87. The molecule has 0 unspecified atom stereocenters. The van der Waals surface area contributed by atoms with E-state index in [0.29, 0.717) is 16.7 Å². The predicted molar refractivity (Wildman–Crippen MR) is 67.9 cm³/mol. The third kappa shape index (κ3) is 1.52. The van der Waals surface area contributed by atoms with Crippen LogP contribution in [0, 0.1) is 0 Å². The molecule has 0 aliphatic heterocycles. The minimum absolute atomic E-state index is 0.0384. The standard InChI is InChI=1S/C14H11NO2/c15-8-10-7-12(16)14-11-4-2-1-3-9(11)5-6-13(14)17-10/h1-7H,8,15H2. The predicted octanol–water partition coefficient (Wildman–Crippen LogP) is 2.40. The first-order chi connectivity index (χ1) is 8.29. The molecule has 84 valence electrons. The summed E-state index contributed by atoms with van der Waals surface area (Å²) in [6.07, 6.45) is 0. The van der Waals surface area contributed by atoms with Gasteiger partial charge >= 0.3 is 0 Å². The van der Waals surface area contributed by atoms with E-state index in [4.69, 9.17) is 10.2 Å². The Bertz CT molecular complexity index is 759. The van der Waals surface area contributed by atoms with Crippen LogP contribution in [0.25, 0.3) is 21.7 Å². The van der Waals surface area contributed by atoms with Crippen molar-refractivity contribution in [2.24, 2.45) is 5.73 Å². The topological polar surface area (TPSA) is 56.2 Å². The quantitative estimate of drug-likeness (QED) is 0.647. The number of fused-ring (bicyclic) bond motifs is 3. The Kier molecular flexibility index (Phi) is 2.20. The zero-order valence-electron chi connectivity index (χ0n) is 9.14. The first-order valence-corrected chi connectivity index (χ1v) is 5.44. The van der Waals surface area contributed by atoms with E-state index in [1.807, 2.05) is 36.4 Å². The summed E-state index contributed by atoms with van der Waals surface area (Å²) in [6, 6.07) is 13.0. The molecule has 0 spiro atoms. The molecule has 0 aliphatic rings. The molecule has 1 aromatic heterocycles. The Morgan fingerprint density at radius 1 is 1.12 bits per heavy atom. The van der Waals surface area contributed by atoms with E-state index in [1.54, 1.807) is 0 Å². The fourth-order valence-electron chi connectivity index (χ4n) is 2.08. The third-order valence-electron chi connectivity index (χ3n) is 2.87. The van der Waals surface area contributed by atoms with Gasteiger partial charge in [0.1, 0.15) is 11.3 Å². The van der Waals surface area contributed by atoms with Crippen molar-refractivity contribution in [3.63, 3.8) is 0 Å². The van der Waals surface area contributed by atoms with Crippen molar-refractivity contribution in [1.29, 1.82) is 0 Å². The second-order valence-corrected chi connectivity index (χ2v) is 3.94. The first kappa shape index (κ1) is 10.1. The van der Waals surface area contributed by atoms with E-state index in [1.165, 1.54) is 6.07 Å². The van der Waals surface area contributed by atoms with Crippen molar-refractivity contribution in [3.05, 3.63) is 58.4 Å². The Labute approximate surface area is 97.5 Å². The summed E-state index contributed by atoms with van der Waals surface area (Å²) >= 11 is 0. The molecule has 3 aromatic rings. The van der Waals surface area contributed by atoms with Gasteiger partial charge in [0.05, 0.1) is 11.9 Å². The van der Waals surface area contributed by atoms with Crippen LogP contribution < -0.4 is 11.2 Å². The molecule has 2 aromatic carbocycles. The lowest BCUT2D eigenvalue weighted by Gasteiger charge is -2.03. The molecule has 3 heteroatoms. The highest BCUT2D eigenvalue weighted by Crippen LogP contribution is 2.23. The highest BCUT2D eigenvalue weighted by molar-refractivity contribution is 6.05. The average Bonchev–Trinajstić information content (AvgIpc) is 2.37. The molecular formula is C14H11NO2. The van der Waals surface area contributed by atoms with Gasteiger partial charge in [-0.25, -0.2) is 0 Å². The minimum Gasteiger partial charge on any atom is -0.459 e. The minimum atomic E-state index is -0.0384. The Balaban J connectivity index is 2.55. The molecular weight excluding hydrogens is 214 g/mol. The highest BCUT2D eigenvalue weighted by Gasteiger charge is 2.07. The van der Waals surface area contributed by atoms with Crippen molar-refractivity contribution in [1.82, 2.24) is 0 Å². The fourth-order valence-corrected chi connectivity index (χ4v) is 2.08. The van der Waals surface area contributed by atoms with Crippen LogP contribution in [0.2, 0.25) is 0 Å². The maximum Gasteiger partial charge on any atom is 0.193 e. The first-order valence-electron chi connectivity index (χ1n) is 5.44. The van der Waals surface area contributed by atoms with Gasteiger partial charge in [-0.15, -0.1) is 0 Å². The smallest absolute Gasteiger partial charge is 0.193 e. The number of rotatable bonds is 1. The van der Waals surface area contributed by atoms with E-state index in [-0.39, 0.29) is 12.0 Å². The van der Waals surface area contributed by atoms with Crippen LogP contribution in [0.4, 0.5) is 0 Å². The summed E-state index contributed by atoms with van der Waals surface area (Å²) in [5, 5.41) is 2.58. The van der Waals surface area contributed by atoms with E-state index < -0.39 is 0 Å². The van der Waals surface area contributed by atoms with Crippen LogP contribution in [-0.2, 0) is 6.54 Å². The van der Waals surface area contributed by atoms with Gasteiger partial charge < -0.3 is 10.2 Å². The number of nitrogens with two attached hydrogens (primary N) is 1. The van der Waals surface area contributed by atoms with Gasteiger partial charge in [-0.2, -0.15) is 0 Å². The number of hydrogen-bond acceptors (Lipinski definition) is 3. The Morgan fingerprint density at radius 3 is 2.76 bits per heavy atom. The highest BCUT2D eigenvalue weighted by atomic mass is 16.3. The van der Waals surface area contributed by atoms with E-state index in [2.05, 4.69) is 0 Å². The van der Waals surface area contributed by atoms with Crippen molar-refractivity contribution in [2.75, 3.05) is 0 Å². The molecule has 3 nitrogen and oxygen atoms in total. The molecule has 0 amide bonds. The average molecular weight is 225 g/mol. The zero-order valence-corrected chi connectivity index (χ0v) is 9.14. The lowest BCUT2D eigenvalue weighted by molar-refractivity contribution is 0.539. The Morgan fingerprint density at radius 2 is 1.94 bits per heavy atom. The van der Waals surface area contributed by atoms with Gasteiger partial charge in [0.15, 0.2) is 5.43 Å². The molecule has 0 saturated heterocycles. The second-order valence-electron chi connectivity index (χ2n) is 3.94. The maximum absolute atomic E-state index is 12.1. The monoisotopic (exact) mass is 225 g/mol. The SMILES string of the molecule is NCc1cc(=O)c2c(ccc3ccccc32)o1. The lowest BCUT2D eigenvalue weighted by Crippen LogP contribution is -2.05. The van der Waals surface area contributed by atoms with Crippen LogP contribution in [0.3, 0.4) is 0 Å². The van der Waals surface area contributed by atoms with Crippen LogP contribution in [0.15, 0.2) is 51.7 Å². The van der Waals surface area contributed by atoms with Crippen molar-refractivity contribution < 1.29 is 4.42 Å². The van der Waals surface area contributed by atoms with Gasteiger partial charge in [-0.1, -0.05) is 30.3 Å². The Hall–Kier alpha value is -2.13. The maximum atomic E-state index is 12.1. The van der Waals surface area contributed by atoms with E-state index >= 15 is 0 Å². The normalized spacial score (nSPS) is 11.1. The summed E-state index contributed by atoms with van der Waals surface area (Å²) in [6.45, 7) is 0.234. The molecule has 0 aliphatic carbocycles. The van der Waals surface area contributed by atoms with Crippen LogP contribution in [-0.4, -0.2) is 0 Å². The van der Waals surface area contributed by atoms with Gasteiger partial charge in [0, 0.05) is 6.07 Å². The van der Waals surface area contributed by atoms with E-state index in [0.717, 1.165) is 10.8 Å².